The number of benzene rings is 4. The van der Waals surface area contributed by atoms with Gasteiger partial charge in [0.25, 0.3) is 0 Å². The molecular formula is C24H20N2. The molecule has 5 aromatic rings. The van der Waals surface area contributed by atoms with Gasteiger partial charge in [0, 0.05) is 16.2 Å². The van der Waals surface area contributed by atoms with Crippen molar-refractivity contribution in [1.82, 2.24) is 4.57 Å². The molecule has 0 atom stereocenters. The van der Waals surface area contributed by atoms with Crippen LogP contribution in [0.3, 0.4) is 0 Å². The highest BCUT2D eigenvalue weighted by atomic mass is 15.0. The lowest BCUT2D eigenvalue weighted by Gasteiger charge is -2.14. The molecule has 1 heterocycles. The lowest BCUT2D eigenvalue weighted by atomic mass is 10.0. The van der Waals surface area contributed by atoms with Crippen molar-refractivity contribution in [1.29, 1.82) is 0 Å². The van der Waals surface area contributed by atoms with E-state index in [-0.39, 0.29) is 0 Å². The predicted molar refractivity (Wildman–Crippen MR) is 111 cm³/mol. The Morgan fingerprint density at radius 1 is 0.577 bits per heavy atom. The number of rotatable bonds is 3. The van der Waals surface area contributed by atoms with Gasteiger partial charge >= 0.3 is 0 Å². The topological polar surface area (TPSA) is 30.9 Å². The summed E-state index contributed by atoms with van der Waals surface area (Å²) in [5, 5.41) is 5.14. The summed E-state index contributed by atoms with van der Waals surface area (Å²) < 4.78 is 2.39. The fourth-order valence-electron chi connectivity index (χ4n) is 4.10. The van der Waals surface area contributed by atoms with Crippen LogP contribution in [0.4, 0.5) is 0 Å². The minimum atomic E-state index is 0.665. The van der Waals surface area contributed by atoms with Crippen LogP contribution in [0, 0.1) is 0 Å². The van der Waals surface area contributed by atoms with Crippen molar-refractivity contribution < 1.29 is 0 Å². The second-order valence-corrected chi connectivity index (χ2v) is 6.70. The maximum Gasteiger partial charge on any atom is 0.0541 e. The number of nitrogens with two attached hydrogens (primary N) is 1. The molecule has 0 amide bonds. The molecule has 0 aliphatic carbocycles. The molecule has 2 nitrogen and oxygen atoms in total. The van der Waals surface area contributed by atoms with Crippen LogP contribution < -0.4 is 5.73 Å². The Bertz CT molecular complexity index is 1190. The Hall–Kier alpha value is -3.10. The molecule has 2 N–H and O–H groups in total. The number of para-hydroxylation sites is 2. The maximum absolute atomic E-state index is 5.83. The molecule has 4 aromatic carbocycles. The van der Waals surface area contributed by atoms with E-state index < -0.39 is 0 Å². The zero-order valence-electron chi connectivity index (χ0n) is 14.5. The van der Waals surface area contributed by atoms with Gasteiger partial charge in [-0.25, -0.2) is 0 Å². The van der Waals surface area contributed by atoms with Crippen LogP contribution in [0.1, 0.15) is 5.56 Å². The average molecular weight is 336 g/mol. The number of fused-ring (bicyclic) bond motifs is 4. The van der Waals surface area contributed by atoms with Crippen molar-refractivity contribution in [3.63, 3.8) is 0 Å². The van der Waals surface area contributed by atoms with E-state index in [4.69, 9.17) is 5.73 Å². The molecule has 126 valence electrons. The summed E-state index contributed by atoms with van der Waals surface area (Å²) in [6.45, 7) is 0.665. The normalized spacial score (nSPS) is 11.6. The molecule has 0 radical (unpaired) electrons. The van der Waals surface area contributed by atoms with Gasteiger partial charge in [-0.3, -0.25) is 0 Å². The Morgan fingerprint density at radius 2 is 1.12 bits per heavy atom. The first-order valence-electron chi connectivity index (χ1n) is 9.08. The largest absolute Gasteiger partial charge is 0.330 e. The number of hydrogen-bond donors (Lipinski definition) is 1. The van der Waals surface area contributed by atoms with E-state index in [1.807, 2.05) is 0 Å². The molecule has 2 heteroatoms. The maximum atomic E-state index is 5.83. The molecule has 1 aromatic heterocycles. The van der Waals surface area contributed by atoms with Crippen molar-refractivity contribution >= 4 is 32.6 Å². The number of hydrogen-bond acceptors (Lipinski definition) is 1. The molecule has 0 saturated carbocycles. The van der Waals surface area contributed by atoms with Crippen LogP contribution in [0.25, 0.3) is 38.3 Å². The highest BCUT2D eigenvalue weighted by Crippen LogP contribution is 2.35. The van der Waals surface area contributed by atoms with Gasteiger partial charge in [0.2, 0.25) is 0 Å². The molecule has 5 rings (SSSR count). The lowest BCUT2D eigenvalue weighted by Crippen LogP contribution is -2.04. The van der Waals surface area contributed by atoms with Crippen LogP contribution in [-0.2, 0) is 6.42 Å². The first-order valence-corrected chi connectivity index (χ1v) is 9.08. The van der Waals surface area contributed by atoms with Gasteiger partial charge < -0.3 is 10.3 Å². The van der Waals surface area contributed by atoms with Gasteiger partial charge in [0.15, 0.2) is 0 Å². The summed E-state index contributed by atoms with van der Waals surface area (Å²) in [4.78, 5) is 0. The summed E-state index contributed by atoms with van der Waals surface area (Å²) in [6.07, 6.45) is 0.897. The Kier molecular flexibility index (Phi) is 3.51. The summed E-state index contributed by atoms with van der Waals surface area (Å²) >= 11 is 0. The Labute approximate surface area is 152 Å². The molecule has 0 bridgehead atoms. The third kappa shape index (κ3) is 2.16. The highest BCUT2D eigenvalue weighted by molar-refractivity contribution is 6.10. The molecule has 0 unspecified atom stereocenters. The fourth-order valence-corrected chi connectivity index (χ4v) is 4.10. The summed E-state index contributed by atoms with van der Waals surface area (Å²) in [7, 11) is 0. The van der Waals surface area contributed by atoms with E-state index in [1.165, 1.54) is 43.8 Å². The summed E-state index contributed by atoms with van der Waals surface area (Å²) in [5.74, 6) is 0. The quantitative estimate of drug-likeness (QED) is 0.467. The Balaban J connectivity index is 1.93. The van der Waals surface area contributed by atoms with Crippen LogP contribution in [0.2, 0.25) is 0 Å². The molecule has 26 heavy (non-hydrogen) atoms. The number of aromatic nitrogens is 1. The number of nitrogens with zero attached hydrogens (tertiary/aromatic N) is 1. The first kappa shape index (κ1) is 15.2. The van der Waals surface area contributed by atoms with Crippen molar-refractivity contribution in [2.45, 2.75) is 6.42 Å². The van der Waals surface area contributed by atoms with Crippen LogP contribution >= 0.6 is 0 Å². The SMILES string of the molecule is NCCc1ccc(-n2c3ccccc3c3ccccc32)c2ccccc12. The van der Waals surface area contributed by atoms with Gasteiger partial charge in [-0.1, -0.05) is 66.7 Å². The van der Waals surface area contributed by atoms with E-state index in [0.29, 0.717) is 6.54 Å². The van der Waals surface area contributed by atoms with Crippen molar-refractivity contribution in [2.24, 2.45) is 5.73 Å². The van der Waals surface area contributed by atoms with Gasteiger partial charge in [-0.2, -0.15) is 0 Å². The van der Waals surface area contributed by atoms with E-state index in [1.54, 1.807) is 0 Å². The molecule has 0 spiro atoms. The smallest absolute Gasteiger partial charge is 0.0541 e. The van der Waals surface area contributed by atoms with Crippen LogP contribution in [0.15, 0.2) is 84.9 Å². The first-order chi connectivity index (χ1) is 12.9. The second-order valence-electron chi connectivity index (χ2n) is 6.70. The van der Waals surface area contributed by atoms with Crippen molar-refractivity contribution in [2.75, 3.05) is 6.54 Å². The van der Waals surface area contributed by atoms with E-state index in [2.05, 4.69) is 89.5 Å². The van der Waals surface area contributed by atoms with Gasteiger partial charge in [-0.05, 0) is 42.1 Å². The Morgan fingerprint density at radius 3 is 1.73 bits per heavy atom. The average Bonchev–Trinajstić information content (AvgIpc) is 3.03. The molecule has 0 fully saturated rings. The second kappa shape index (κ2) is 6.01. The minimum absolute atomic E-state index is 0.665. The standard InChI is InChI=1S/C24H20N2/c25-16-15-17-13-14-24(19-8-2-1-7-18(17)19)26-22-11-5-3-9-20(22)21-10-4-6-12-23(21)26/h1-14H,15-16,25H2. The monoisotopic (exact) mass is 336 g/mol. The zero-order chi connectivity index (χ0) is 17.5. The van der Waals surface area contributed by atoms with Crippen molar-refractivity contribution in [3.8, 4) is 5.69 Å². The minimum Gasteiger partial charge on any atom is -0.330 e. The molecule has 0 aliphatic heterocycles. The van der Waals surface area contributed by atoms with Gasteiger partial charge in [0.05, 0.1) is 16.7 Å². The zero-order valence-corrected chi connectivity index (χ0v) is 14.5. The van der Waals surface area contributed by atoms with E-state index in [9.17, 15) is 0 Å². The summed E-state index contributed by atoms with van der Waals surface area (Å²) in [6, 6.07) is 30.4. The third-order valence-electron chi connectivity index (χ3n) is 5.23. The fraction of sp³-hybridized carbons (Fsp3) is 0.0833. The van der Waals surface area contributed by atoms with Crippen LogP contribution in [-0.4, -0.2) is 11.1 Å². The summed E-state index contributed by atoms with van der Waals surface area (Å²) in [5.41, 5.74) is 10.8. The molecular weight excluding hydrogens is 316 g/mol. The predicted octanol–water partition coefficient (Wildman–Crippen LogP) is 5.44. The highest BCUT2D eigenvalue weighted by Gasteiger charge is 2.14. The van der Waals surface area contributed by atoms with E-state index >= 15 is 0 Å². The van der Waals surface area contributed by atoms with Crippen LogP contribution in [0.5, 0.6) is 0 Å². The molecule has 0 aliphatic rings. The third-order valence-corrected chi connectivity index (χ3v) is 5.23. The van der Waals surface area contributed by atoms with Gasteiger partial charge in [0.1, 0.15) is 0 Å². The lowest BCUT2D eigenvalue weighted by molar-refractivity contribution is 0.976. The molecule has 0 saturated heterocycles. The van der Waals surface area contributed by atoms with Gasteiger partial charge in [-0.15, -0.1) is 0 Å². The van der Waals surface area contributed by atoms with E-state index in [0.717, 1.165) is 6.42 Å². The van der Waals surface area contributed by atoms with Crippen molar-refractivity contribution in [3.05, 3.63) is 90.5 Å².